The van der Waals surface area contributed by atoms with E-state index in [2.05, 4.69) is 15.7 Å². The van der Waals surface area contributed by atoms with E-state index in [1.165, 1.54) is 12.1 Å². The molecule has 1 unspecified atom stereocenters. The first-order chi connectivity index (χ1) is 13.5. The molecule has 8 nitrogen and oxygen atoms in total. The summed E-state index contributed by atoms with van der Waals surface area (Å²) < 4.78 is 20.3. The van der Waals surface area contributed by atoms with Crippen molar-refractivity contribution in [3.8, 4) is 5.69 Å². The van der Waals surface area contributed by atoms with Crippen LogP contribution >= 0.6 is 0 Å². The van der Waals surface area contributed by atoms with Crippen LogP contribution in [0.4, 0.5) is 9.18 Å². The van der Waals surface area contributed by atoms with Crippen LogP contribution in [0.5, 0.6) is 0 Å². The standard InChI is InChI=1S/C19H19FN4O4/c20-11-4-6-12(7-5-11)24-16-3-1-2-13(16)15(23-24)10-28-17(25)9-8-14-18(26)22-19(27)21-14/h4-7,14H,1-3,8-10H2,(H2,21,22,26,27). The van der Waals surface area contributed by atoms with Crippen LogP contribution in [0.1, 0.15) is 36.2 Å². The van der Waals surface area contributed by atoms with Crippen LogP contribution in [0, 0.1) is 5.82 Å². The van der Waals surface area contributed by atoms with Gasteiger partial charge in [0.25, 0.3) is 5.91 Å². The van der Waals surface area contributed by atoms with Crippen molar-refractivity contribution in [1.82, 2.24) is 20.4 Å². The van der Waals surface area contributed by atoms with Crippen molar-refractivity contribution < 1.29 is 23.5 Å². The molecule has 2 aromatic rings. The van der Waals surface area contributed by atoms with Crippen molar-refractivity contribution in [2.45, 2.75) is 44.8 Å². The Kier molecular flexibility index (Phi) is 4.81. The lowest BCUT2D eigenvalue weighted by Gasteiger charge is -2.07. The number of nitrogens with zero attached hydrogens (tertiary/aromatic N) is 2. The topological polar surface area (TPSA) is 102 Å². The predicted molar refractivity (Wildman–Crippen MR) is 95.0 cm³/mol. The van der Waals surface area contributed by atoms with E-state index in [9.17, 15) is 18.8 Å². The first-order valence-electron chi connectivity index (χ1n) is 9.14. The van der Waals surface area contributed by atoms with Gasteiger partial charge in [0.1, 0.15) is 24.2 Å². The maximum Gasteiger partial charge on any atom is 0.322 e. The van der Waals surface area contributed by atoms with Crippen LogP contribution in [0.25, 0.3) is 5.69 Å². The van der Waals surface area contributed by atoms with Crippen LogP contribution in [0.2, 0.25) is 0 Å². The minimum absolute atomic E-state index is 0.0131. The molecule has 1 aromatic heterocycles. The second-order valence-electron chi connectivity index (χ2n) is 6.83. The minimum atomic E-state index is -0.706. The van der Waals surface area contributed by atoms with Crippen molar-refractivity contribution >= 4 is 17.9 Å². The Morgan fingerprint density at radius 1 is 1.25 bits per heavy atom. The van der Waals surface area contributed by atoms with Gasteiger partial charge in [0, 0.05) is 17.7 Å². The molecule has 1 atom stereocenters. The Balaban J connectivity index is 1.39. The zero-order valence-corrected chi connectivity index (χ0v) is 15.0. The second kappa shape index (κ2) is 7.41. The zero-order valence-electron chi connectivity index (χ0n) is 15.0. The normalized spacial score (nSPS) is 18.0. The van der Waals surface area contributed by atoms with Gasteiger partial charge < -0.3 is 10.1 Å². The Hall–Kier alpha value is -3.23. The molecule has 1 saturated heterocycles. The van der Waals surface area contributed by atoms with Crippen molar-refractivity contribution in [2.24, 2.45) is 0 Å². The Morgan fingerprint density at radius 3 is 2.75 bits per heavy atom. The molecule has 2 heterocycles. The molecular weight excluding hydrogens is 367 g/mol. The Bertz CT molecular complexity index is 938. The molecule has 2 aliphatic rings. The number of amides is 3. The molecule has 1 aliphatic carbocycles. The van der Waals surface area contributed by atoms with Gasteiger partial charge in [-0.25, -0.2) is 13.9 Å². The molecule has 0 saturated carbocycles. The first kappa shape index (κ1) is 18.1. The van der Waals surface area contributed by atoms with Gasteiger partial charge in [-0.15, -0.1) is 0 Å². The van der Waals surface area contributed by atoms with E-state index >= 15 is 0 Å². The highest BCUT2D eigenvalue weighted by Crippen LogP contribution is 2.28. The van der Waals surface area contributed by atoms with E-state index < -0.39 is 23.9 Å². The summed E-state index contributed by atoms with van der Waals surface area (Å²) in [4.78, 5) is 34.6. The highest BCUT2D eigenvalue weighted by Gasteiger charge is 2.30. The minimum Gasteiger partial charge on any atom is -0.459 e. The van der Waals surface area contributed by atoms with Crippen LogP contribution < -0.4 is 10.6 Å². The van der Waals surface area contributed by atoms with E-state index in [0.29, 0.717) is 5.69 Å². The summed E-state index contributed by atoms with van der Waals surface area (Å²) in [5.74, 6) is -1.21. The van der Waals surface area contributed by atoms with Crippen molar-refractivity contribution in [1.29, 1.82) is 0 Å². The summed E-state index contributed by atoms with van der Waals surface area (Å²) >= 11 is 0. The molecule has 2 N–H and O–H groups in total. The molecule has 1 aromatic carbocycles. The average molecular weight is 386 g/mol. The number of halogens is 1. The van der Waals surface area contributed by atoms with Crippen LogP contribution in [0.3, 0.4) is 0 Å². The number of fused-ring (bicyclic) bond motifs is 1. The first-order valence-corrected chi connectivity index (χ1v) is 9.14. The summed E-state index contributed by atoms with van der Waals surface area (Å²) in [5, 5.41) is 9.12. The molecule has 3 amide bonds. The van der Waals surface area contributed by atoms with Crippen LogP contribution in [-0.2, 0) is 33.8 Å². The Labute approximate surface area is 160 Å². The molecule has 1 fully saturated rings. The van der Waals surface area contributed by atoms with Gasteiger partial charge in [0.15, 0.2) is 0 Å². The fraction of sp³-hybridized carbons (Fsp3) is 0.368. The second-order valence-corrected chi connectivity index (χ2v) is 6.83. The summed E-state index contributed by atoms with van der Waals surface area (Å²) in [5.41, 5.74) is 3.58. The number of imide groups is 1. The maximum absolute atomic E-state index is 13.2. The lowest BCUT2D eigenvalue weighted by atomic mass is 10.1. The molecule has 0 bridgehead atoms. The largest absolute Gasteiger partial charge is 0.459 e. The third-order valence-corrected chi connectivity index (χ3v) is 4.95. The summed E-state index contributed by atoms with van der Waals surface area (Å²) in [6.45, 7) is 0.0403. The highest BCUT2D eigenvalue weighted by molar-refractivity contribution is 6.04. The lowest BCUT2D eigenvalue weighted by molar-refractivity contribution is -0.145. The van der Waals surface area contributed by atoms with Gasteiger partial charge >= 0.3 is 12.0 Å². The fourth-order valence-corrected chi connectivity index (χ4v) is 3.57. The van der Waals surface area contributed by atoms with Gasteiger partial charge in [-0.1, -0.05) is 0 Å². The third kappa shape index (κ3) is 3.60. The van der Waals surface area contributed by atoms with Crippen molar-refractivity contribution in [3.05, 3.63) is 47.0 Å². The van der Waals surface area contributed by atoms with E-state index in [0.717, 1.165) is 36.2 Å². The number of nitrogens with one attached hydrogen (secondary N) is 2. The number of aromatic nitrogens is 2. The number of hydrogen-bond donors (Lipinski definition) is 2. The van der Waals surface area contributed by atoms with E-state index in [4.69, 9.17) is 4.74 Å². The number of carbonyl (C=O) groups is 3. The van der Waals surface area contributed by atoms with Gasteiger partial charge in [-0.3, -0.25) is 14.9 Å². The number of ether oxygens (including phenoxy) is 1. The number of rotatable bonds is 6. The van der Waals surface area contributed by atoms with Gasteiger partial charge in [-0.2, -0.15) is 5.10 Å². The van der Waals surface area contributed by atoms with Gasteiger partial charge in [-0.05, 0) is 49.9 Å². The average Bonchev–Trinajstić information content (AvgIpc) is 3.35. The predicted octanol–water partition coefficient (Wildman–Crippen LogP) is 1.53. The summed E-state index contributed by atoms with van der Waals surface area (Å²) in [6, 6.07) is 4.84. The van der Waals surface area contributed by atoms with Crippen molar-refractivity contribution in [2.75, 3.05) is 0 Å². The number of hydrogen-bond acceptors (Lipinski definition) is 5. The smallest absolute Gasteiger partial charge is 0.322 e. The highest BCUT2D eigenvalue weighted by atomic mass is 19.1. The SMILES string of the molecule is O=C1NC(=O)C(CCC(=O)OCc2nn(-c3ccc(F)cc3)c3c2CCC3)N1. The maximum atomic E-state index is 13.2. The molecule has 146 valence electrons. The lowest BCUT2D eigenvalue weighted by Crippen LogP contribution is -2.29. The summed E-state index contributed by atoms with van der Waals surface area (Å²) in [7, 11) is 0. The van der Waals surface area contributed by atoms with Crippen molar-refractivity contribution in [3.63, 3.8) is 0 Å². The van der Waals surface area contributed by atoms with Gasteiger partial charge in [0.05, 0.1) is 5.69 Å². The molecule has 0 radical (unpaired) electrons. The molecular formula is C19H19FN4O4. The van der Waals surface area contributed by atoms with Crippen LogP contribution in [-0.4, -0.2) is 33.7 Å². The third-order valence-electron chi connectivity index (χ3n) is 4.95. The van der Waals surface area contributed by atoms with Crippen LogP contribution in [0.15, 0.2) is 24.3 Å². The number of benzene rings is 1. The molecule has 4 rings (SSSR count). The quantitative estimate of drug-likeness (QED) is 0.579. The molecule has 0 spiro atoms. The van der Waals surface area contributed by atoms with E-state index in [-0.39, 0.29) is 25.3 Å². The summed E-state index contributed by atoms with van der Waals surface area (Å²) in [6.07, 6.45) is 2.91. The number of esters is 1. The van der Waals surface area contributed by atoms with E-state index in [1.54, 1.807) is 16.8 Å². The number of urea groups is 1. The molecule has 28 heavy (non-hydrogen) atoms. The zero-order chi connectivity index (χ0) is 19.7. The molecule has 9 heteroatoms. The molecule has 1 aliphatic heterocycles. The van der Waals surface area contributed by atoms with E-state index in [1.807, 2.05) is 0 Å². The van der Waals surface area contributed by atoms with Gasteiger partial charge in [0.2, 0.25) is 0 Å². The fourth-order valence-electron chi connectivity index (χ4n) is 3.57. The monoisotopic (exact) mass is 386 g/mol. The Morgan fingerprint density at radius 2 is 2.04 bits per heavy atom. The number of carbonyl (C=O) groups excluding carboxylic acids is 3.